The second kappa shape index (κ2) is 10.4. The van der Waals surface area contributed by atoms with Crippen molar-refractivity contribution in [1.29, 1.82) is 0 Å². The molecule has 0 fully saturated rings. The Morgan fingerprint density at radius 2 is 1.61 bits per heavy atom. The Balaban J connectivity index is 1.70. The molecule has 0 aliphatic carbocycles. The number of anilines is 1. The maximum absolute atomic E-state index is 12.8. The zero-order valence-electron chi connectivity index (χ0n) is 14.5. The summed E-state index contributed by atoms with van der Waals surface area (Å²) in [5, 5.41) is 3.28. The first-order valence-corrected chi connectivity index (χ1v) is 8.86. The topological polar surface area (TPSA) is 87.3 Å². The van der Waals surface area contributed by atoms with E-state index in [2.05, 4.69) is 16.2 Å². The van der Waals surface area contributed by atoms with Gasteiger partial charge in [-0.15, -0.1) is 0 Å². The molecule has 0 heterocycles. The molecule has 28 heavy (non-hydrogen) atoms. The largest absolute Gasteiger partial charge is 0.325 e. The van der Waals surface area contributed by atoms with E-state index in [0.717, 1.165) is 0 Å². The van der Waals surface area contributed by atoms with Crippen LogP contribution in [-0.2, 0) is 14.4 Å². The van der Waals surface area contributed by atoms with Crippen LogP contribution in [0.2, 0.25) is 10.0 Å². The highest BCUT2D eigenvalue weighted by Crippen LogP contribution is 2.25. The molecule has 0 aliphatic rings. The van der Waals surface area contributed by atoms with E-state index in [9.17, 15) is 18.8 Å². The minimum absolute atomic E-state index is 0.105. The number of halogens is 3. The number of benzene rings is 2. The summed E-state index contributed by atoms with van der Waals surface area (Å²) in [6.07, 6.45) is 2.40. The molecular formula is C19H16Cl2FN3O3. The molecule has 0 bridgehead atoms. The standard InChI is InChI=1S/C19H16Cl2FN3O3/c20-13-4-7-16(15(21)11-13)23-17(26)9-10-19(28)25-24-18(27)8-3-12-1-5-14(22)6-2-12/h1-8,11H,9-10H2,(H,23,26)(H,24,27)(H,25,28)/b8-3+. The van der Waals surface area contributed by atoms with E-state index in [1.165, 1.54) is 42.5 Å². The summed E-state index contributed by atoms with van der Waals surface area (Å²) < 4.78 is 12.8. The van der Waals surface area contributed by atoms with E-state index in [0.29, 0.717) is 16.3 Å². The molecule has 0 saturated heterocycles. The molecule has 2 aromatic carbocycles. The van der Waals surface area contributed by atoms with Gasteiger partial charge in [-0.05, 0) is 42.0 Å². The summed E-state index contributed by atoms with van der Waals surface area (Å²) in [4.78, 5) is 35.2. The first kappa shape index (κ1) is 21.4. The lowest BCUT2D eigenvalue weighted by molar-refractivity contribution is -0.128. The van der Waals surface area contributed by atoms with Crippen LogP contribution >= 0.6 is 23.2 Å². The third-order valence-electron chi connectivity index (χ3n) is 3.41. The fourth-order valence-corrected chi connectivity index (χ4v) is 2.47. The fraction of sp³-hybridized carbons (Fsp3) is 0.105. The zero-order chi connectivity index (χ0) is 20.5. The molecule has 0 spiro atoms. The van der Waals surface area contributed by atoms with Crippen LogP contribution in [0.5, 0.6) is 0 Å². The van der Waals surface area contributed by atoms with Crippen LogP contribution in [0.25, 0.3) is 6.08 Å². The highest BCUT2D eigenvalue weighted by molar-refractivity contribution is 6.36. The van der Waals surface area contributed by atoms with Crippen molar-refractivity contribution in [2.75, 3.05) is 5.32 Å². The average Bonchev–Trinajstić information content (AvgIpc) is 2.66. The molecule has 3 amide bonds. The van der Waals surface area contributed by atoms with Crippen LogP contribution in [0.15, 0.2) is 48.5 Å². The predicted molar refractivity (Wildman–Crippen MR) is 106 cm³/mol. The number of carbonyl (C=O) groups excluding carboxylic acids is 3. The minimum Gasteiger partial charge on any atom is -0.325 e. The van der Waals surface area contributed by atoms with Crippen LogP contribution < -0.4 is 16.2 Å². The number of amides is 3. The minimum atomic E-state index is -0.574. The van der Waals surface area contributed by atoms with E-state index in [1.54, 1.807) is 12.1 Å². The molecule has 0 radical (unpaired) electrons. The molecule has 0 aliphatic heterocycles. The molecule has 3 N–H and O–H groups in total. The summed E-state index contributed by atoms with van der Waals surface area (Å²) in [6.45, 7) is 0. The van der Waals surface area contributed by atoms with Crippen LogP contribution in [0.1, 0.15) is 18.4 Å². The molecule has 146 valence electrons. The molecule has 2 rings (SSSR count). The van der Waals surface area contributed by atoms with Gasteiger partial charge in [0, 0.05) is 23.9 Å². The monoisotopic (exact) mass is 423 g/mol. The Morgan fingerprint density at radius 3 is 2.29 bits per heavy atom. The van der Waals surface area contributed by atoms with Gasteiger partial charge < -0.3 is 5.32 Å². The van der Waals surface area contributed by atoms with Gasteiger partial charge in [-0.3, -0.25) is 25.2 Å². The maximum atomic E-state index is 12.8. The van der Waals surface area contributed by atoms with E-state index in [-0.39, 0.29) is 23.7 Å². The summed E-state index contributed by atoms with van der Waals surface area (Å²) >= 11 is 11.7. The normalized spacial score (nSPS) is 10.5. The molecular weight excluding hydrogens is 408 g/mol. The molecule has 2 aromatic rings. The number of rotatable bonds is 6. The summed E-state index contributed by atoms with van der Waals surface area (Å²) in [5.74, 6) is -1.91. The van der Waals surface area contributed by atoms with Crippen LogP contribution in [0.3, 0.4) is 0 Å². The highest BCUT2D eigenvalue weighted by atomic mass is 35.5. The molecule has 9 heteroatoms. The summed E-state index contributed by atoms with van der Waals surface area (Å²) in [5.41, 5.74) is 5.39. The van der Waals surface area contributed by atoms with Crippen molar-refractivity contribution in [2.45, 2.75) is 12.8 Å². The molecule has 6 nitrogen and oxygen atoms in total. The lowest BCUT2D eigenvalue weighted by Gasteiger charge is -2.08. The number of carbonyl (C=O) groups is 3. The number of hydrazine groups is 1. The SMILES string of the molecule is O=C(/C=C/c1ccc(F)cc1)NNC(=O)CCC(=O)Nc1ccc(Cl)cc1Cl. The number of hydrogen-bond acceptors (Lipinski definition) is 3. The van der Waals surface area contributed by atoms with Crippen molar-refractivity contribution < 1.29 is 18.8 Å². The van der Waals surface area contributed by atoms with Crippen molar-refractivity contribution >= 4 is 52.7 Å². The van der Waals surface area contributed by atoms with E-state index >= 15 is 0 Å². The highest BCUT2D eigenvalue weighted by Gasteiger charge is 2.10. The van der Waals surface area contributed by atoms with Gasteiger partial charge in [-0.2, -0.15) is 0 Å². The fourth-order valence-electron chi connectivity index (χ4n) is 2.01. The van der Waals surface area contributed by atoms with Crippen LogP contribution in [-0.4, -0.2) is 17.7 Å². The van der Waals surface area contributed by atoms with Gasteiger partial charge in [-0.1, -0.05) is 35.3 Å². The second-order valence-corrected chi connectivity index (χ2v) is 6.44. The van der Waals surface area contributed by atoms with Crippen LogP contribution in [0, 0.1) is 5.82 Å². The number of hydrogen-bond donors (Lipinski definition) is 3. The first-order chi connectivity index (χ1) is 13.3. The smallest absolute Gasteiger partial charge is 0.262 e. The zero-order valence-corrected chi connectivity index (χ0v) is 16.0. The Bertz CT molecular complexity index is 902. The van der Waals surface area contributed by atoms with Crippen molar-refractivity contribution in [3.63, 3.8) is 0 Å². The Kier molecular flexibility index (Phi) is 7.98. The van der Waals surface area contributed by atoms with Gasteiger partial charge in [-0.25, -0.2) is 4.39 Å². The van der Waals surface area contributed by atoms with Crippen molar-refractivity contribution in [3.05, 3.63) is 70.0 Å². The Morgan fingerprint density at radius 1 is 0.929 bits per heavy atom. The Labute approximate surface area is 170 Å². The molecule has 0 saturated carbocycles. The predicted octanol–water partition coefficient (Wildman–Crippen LogP) is 3.71. The molecule has 0 unspecified atom stereocenters. The molecule has 0 atom stereocenters. The van der Waals surface area contributed by atoms with E-state index in [1.807, 2.05) is 0 Å². The van der Waals surface area contributed by atoms with Crippen molar-refractivity contribution in [2.24, 2.45) is 0 Å². The van der Waals surface area contributed by atoms with Crippen molar-refractivity contribution in [3.8, 4) is 0 Å². The van der Waals surface area contributed by atoms with E-state index < -0.39 is 17.7 Å². The van der Waals surface area contributed by atoms with Gasteiger partial charge in [0.25, 0.3) is 5.91 Å². The maximum Gasteiger partial charge on any atom is 0.262 e. The first-order valence-electron chi connectivity index (χ1n) is 8.11. The van der Waals surface area contributed by atoms with Gasteiger partial charge in [0.2, 0.25) is 11.8 Å². The van der Waals surface area contributed by atoms with Gasteiger partial charge >= 0.3 is 0 Å². The quantitative estimate of drug-likeness (QED) is 0.488. The summed E-state index contributed by atoms with van der Waals surface area (Å²) in [6, 6.07) is 10.2. The average molecular weight is 424 g/mol. The Hall–Kier alpha value is -2.90. The van der Waals surface area contributed by atoms with Crippen molar-refractivity contribution in [1.82, 2.24) is 10.9 Å². The lowest BCUT2D eigenvalue weighted by atomic mass is 10.2. The van der Waals surface area contributed by atoms with Gasteiger partial charge in [0.15, 0.2) is 0 Å². The van der Waals surface area contributed by atoms with E-state index in [4.69, 9.17) is 23.2 Å². The third kappa shape index (κ3) is 7.38. The van der Waals surface area contributed by atoms with Gasteiger partial charge in [0.1, 0.15) is 5.82 Å². The number of nitrogens with one attached hydrogen (secondary N) is 3. The lowest BCUT2D eigenvalue weighted by Crippen LogP contribution is -2.41. The third-order valence-corrected chi connectivity index (χ3v) is 3.95. The second-order valence-electron chi connectivity index (χ2n) is 5.59. The molecule has 0 aromatic heterocycles. The summed E-state index contributed by atoms with van der Waals surface area (Å²) in [7, 11) is 0. The van der Waals surface area contributed by atoms with Gasteiger partial charge in [0.05, 0.1) is 10.7 Å². The van der Waals surface area contributed by atoms with Crippen LogP contribution in [0.4, 0.5) is 10.1 Å².